The molecule has 0 unspecified atom stereocenters. The van der Waals surface area contributed by atoms with Crippen LogP contribution in [-0.4, -0.2) is 17.2 Å². The van der Waals surface area contributed by atoms with Crippen LogP contribution in [0.15, 0.2) is 28.8 Å². The molecule has 0 saturated heterocycles. The van der Waals surface area contributed by atoms with Gasteiger partial charge in [-0.3, -0.25) is 0 Å². The van der Waals surface area contributed by atoms with E-state index in [1.54, 1.807) is 19.4 Å². The molecule has 0 radical (unpaired) electrons. The normalized spacial score (nSPS) is 10.9. The van der Waals surface area contributed by atoms with Crippen molar-refractivity contribution in [3.8, 4) is 17.2 Å². The number of hydrogen-bond donors (Lipinski definition) is 1. The Kier molecular flexibility index (Phi) is 3.67. The van der Waals surface area contributed by atoms with E-state index in [2.05, 4.69) is 4.98 Å². The number of hydrogen-bond acceptors (Lipinski definition) is 4. The molecule has 1 N–H and O–H groups in total. The van der Waals surface area contributed by atoms with Gasteiger partial charge in [0, 0.05) is 11.5 Å². The molecule has 2 aromatic rings. The van der Waals surface area contributed by atoms with Crippen molar-refractivity contribution in [1.82, 2.24) is 4.98 Å². The molecule has 0 atom stereocenters. The summed E-state index contributed by atoms with van der Waals surface area (Å²) in [6.07, 6.45) is 1.72. The summed E-state index contributed by atoms with van der Waals surface area (Å²) in [6.45, 7) is 4.03. The molecule has 1 aromatic heterocycles. The van der Waals surface area contributed by atoms with Crippen LogP contribution in [0.5, 0.6) is 5.75 Å². The predicted molar refractivity (Wildman–Crippen MR) is 68.5 cm³/mol. The first-order chi connectivity index (χ1) is 8.65. The van der Waals surface area contributed by atoms with Crippen LogP contribution in [0.1, 0.15) is 31.1 Å². The van der Waals surface area contributed by atoms with Crippen LogP contribution in [0.2, 0.25) is 0 Å². The molecule has 2 rings (SSSR count). The zero-order valence-corrected chi connectivity index (χ0v) is 10.8. The topological polar surface area (TPSA) is 55.5 Å². The van der Waals surface area contributed by atoms with Gasteiger partial charge in [0.15, 0.2) is 0 Å². The van der Waals surface area contributed by atoms with Crippen molar-refractivity contribution in [2.75, 3.05) is 7.11 Å². The Morgan fingerprint density at radius 3 is 2.72 bits per heavy atom. The molecule has 96 valence electrons. The average Bonchev–Trinajstić information content (AvgIpc) is 2.87. The van der Waals surface area contributed by atoms with Crippen molar-refractivity contribution in [3.63, 3.8) is 0 Å². The lowest BCUT2D eigenvalue weighted by Crippen LogP contribution is -1.91. The third-order valence-electron chi connectivity index (χ3n) is 2.81. The first-order valence-corrected chi connectivity index (χ1v) is 5.89. The molecule has 0 fully saturated rings. The number of rotatable bonds is 4. The van der Waals surface area contributed by atoms with Gasteiger partial charge in [0.05, 0.1) is 19.9 Å². The molecule has 0 aliphatic carbocycles. The molecule has 4 heteroatoms. The molecule has 18 heavy (non-hydrogen) atoms. The third-order valence-corrected chi connectivity index (χ3v) is 2.81. The third kappa shape index (κ3) is 2.38. The summed E-state index contributed by atoms with van der Waals surface area (Å²) in [6, 6.07) is 5.44. The highest BCUT2D eigenvalue weighted by atomic mass is 16.5. The van der Waals surface area contributed by atoms with Crippen LogP contribution in [0.3, 0.4) is 0 Å². The van der Waals surface area contributed by atoms with Gasteiger partial charge >= 0.3 is 0 Å². The maximum Gasteiger partial charge on any atom is 0.226 e. The average molecular weight is 247 g/mol. The highest BCUT2D eigenvalue weighted by Crippen LogP contribution is 2.29. The van der Waals surface area contributed by atoms with E-state index in [0.717, 1.165) is 16.9 Å². The number of methoxy groups -OCH3 is 1. The minimum atomic E-state index is -0.0568. The number of benzene rings is 1. The van der Waals surface area contributed by atoms with Crippen molar-refractivity contribution in [3.05, 3.63) is 35.7 Å². The van der Waals surface area contributed by atoms with Crippen molar-refractivity contribution in [1.29, 1.82) is 0 Å². The van der Waals surface area contributed by atoms with E-state index < -0.39 is 0 Å². The molecule has 0 spiro atoms. The van der Waals surface area contributed by atoms with Crippen molar-refractivity contribution in [2.45, 2.75) is 26.4 Å². The summed E-state index contributed by atoms with van der Waals surface area (Å²) in [5.41, 5.74) is 1.54. The maximum atomic E-state index is 9.35. The Morgan fingerprint density at radius 2 is 2.17 bits per heavy atom. The summed E-state index contributed by atoms with van der Waals surface area (Å²) in [7, 11) is 1.60. The molecule has 0 saturated carbocycles. The molecular formula is C14H17NO3. The smallest absolute Gasteiger partial charge is 0.226 e. The lowest BCUT2D eigenvalue weighted by molar-refractivity contribution is 0.282. The molecule has 1 heterocycles. The van der Waals surface area contributed by atoms with E-state index in [1.165, 1.54) is 0 Å². The van der Waals surface area contributed by atoms with Gasteiger partial charge in [0.2, 0.25) is 5.89 Å². The number of ether oxygens (including phenoxy) is 1. The van der Waals surface area contributed by atoms with E-state index in [0.29, 0.717) is 11.6 Å². The van der Waals surface area contributed by atoms with Crippen LogP contribution >= 0.6 is 0 Å². The molecule has 0 amide bonds. The van der Waals surface area contributed by atoms with Gasteiger partial charge in [-0.2, -0.15) is 0 Å². The van der Waals surface area contributed by atoms with E-state index in [1.807, 2.05) is 26.0 Å². The van der Waals surface area contributed by atoms with Gasteiger partial charge in [-0.1, -0.05) is 19.9 Å². The fraction of sp³-hybridized carbons (Fsp3) is 0.357. The Hall–Kier alpha value is -1.81. The zero-order chi connectivity index (χ0) is 13.1. The van der Waals surface area contributed by atoms with Gasteiger partial charge in [-0.15, -0.1) is 0 Å². The minimum absolute atomic E-state index is 0.0568. The lowest BCUT2D eigenvalue weighted by atomic mass is 10.1. The van der Waals surface area contributed by atoms with Gasteiger partial charge in [0.25, 0.3) is 0 Å². The van der Waals surface area contributed by atoms with Gasteiger partial charge in [0.1, 0.15) is 11.5 Å². The number of nitrogens with zero attached hydrogens (tertiary/aromatic N) is 1. The van der Waals surface area contributed by atoms with Crippen LogP contribution in [-0.2, 0) is 6.61 Å². The summed E-state index contributed by atoms with van der Waals surface area (Å²) >= 11 is 0. The summed E-state index contributed by atoms with van der Waals surface area (Å²) < 4.78 is 10.9. The number of oxazole rings is 1. The van der Waals surface area contributed by atoms with Crippen LogP contribution in [0, 0.1) is 0 Å². The molecule has 4 nitrogen and oxygen atoms in total. The van der Waals surface area contributed by atoms with E-state index in [9.17, 15) is 5.11 Å². The highest BCUT2D eigenvalue weighted by Gasteiger charge is 2.13. The van der Waals surface area contributed by atoms with E-state index in [4.69, 9.17) is 9.15 Å². The number of aromatic nitrogens is 1. The minimum Gasteiger partial charge on any atom is -0.497 e. The second-order valence-corrected chi connectivity index (χ2v) is 4.40. The largest absolute Gasteiger partial charge is 0.497 e. The molecule has 1 aromatic carbocycles. The SMILES string of the molecule is COc1ccc(CO)c(-c2ncc(C(C)C)o2)c1. The predicted octanol–water partition coefficient (Wildman–Crippen LogP) is 2.97. The maximum absolute atomic E-state index is 9.35. The second-order valence-electron chi connectivity index (χ2n) is 4.40. The molecule has 0 aliphatic heterocycles. The van der Waals surface area contributed by atoms with Gasteiger partial charge in [-0.05, 0) is 17.7 Å². The van der Waals surface area contributed by atoms with Crippen LogP contribution in [0.4, 0.5) is 0 Å². The Labute approximate surface area is 106 Å². The van der Waals surface area contributed by atoms with Gasteiger partial charge in [-0.25, -0.2) is 4.98 Å². The summed E-state index contributed by atoms with van der Waals surface area (Å²) in [5, 5.41) is 9.35. The lowest BCUT2D eigenvalue weighted by Gasteiger charge is -2.06. The van der Waals surface area contributed by atoms with E-state index >= 15 is 0 Å². The van der Waals surface area contributed by atoms with Crippen LogP contribution < -0.4 is 4.74 Å². The van der Waals surface area contributed by atoms with Crippen LogP contribution in [0.25, 0.3) is 11.5 Å². The number of aliphatic hydroxyl groups excluding tert-OH is 1. The number of aliphatic hydroxyl groups is 1. The van der Waals surface area contributed by atoms with Crippen molar-refractivity contribution >= 4 is 0 Å². The van der Waals surface area contributed by atoms with E-state index in [-0.39, 0.29) is 12.5 Å². The fourth-order valence-electron chi connectivity index (χ4n) is 1.70. The van der Waals surface area contributed by atoms with Crippen molar-refractivity contribution < 1.29 is 14.3 Å². The summed E-state index contributed by atoms with van der Waals surface area (Å²) in [4.78, 5) is 4.26. The summed E-state index contributed by atoms with van der Waals surface area (Å²) in [5.74, 6) is 2.35. The Bertz CT molecular complexity index is 532. The monoisotopic (exact) mass is 247 g/mol. The molecular weight excluding hydrogens is 230 g/mol. The Balaban J connectivity index is 2.46. The quantitative estimate of drug-likeness (QED) is 0.902. The van der Waals surface area contributed by atoms with Crippen molar-refractivity contribution in [2.24, 2.45) is 0 Å². The molecule has 0 bridgehead atoms. The zero-order valence-electron chi connectivity index (χ0n) is 10.8. The standard InChI is InChI=1S/C14H17NO3/c1-9(2)13-7-15-14(18-13)12-6-11(17-3)5-4-10(12)8-16/h4-7,9,16H,8H2,1-3H3. The highest BCUT2D eigenvalue weighted by molar-refractivity contribution is 5.61. The first kappa shape index (κ1) is 12.6. The first-order valence-electron chi connectivity index (χ1n) is 5.89. The molecule has 0 aliphatic rings. The van der Waals surface area contributed by atoms with Gasteiger partial charge < -0.3 is 14.3 Å². The second kappa shape index (κ2) is 5.23. The Morgan fingerprint density at radius 1 is 1.39 bits per heavy atom. The fourth-order valence-corrected chi connectivity index (χ4v) is 1.70.